The van der Waals surface area contributed by atoms with Crippen molar-refractivity contribution >= 4 is 15.9 Å². The van der Waals surface area contributed by atoms with Crippen molar-refractivity contribution in [3.8, 4) is 11.5 Å². The van der Waals surface area contributed by atoms with Gasteiger partial charge < -0.3 is 19.5 Å². The van der Waals surface area contributed by atoms with Crippen LogP contribution in [-0.4, -0.2) is 65.2 Å². The van der Waals surface area contributed by atoms with Crippen LogP contribution < -0.4 is 14.8 Å². The average Bonchev–Trinajstić information content (AvgIpc) is 2.78. The Balaban J connectivity index is 1.66. The molecule has 1 amide bonds. The monoisotopic (exact) mass is 438 g/mol. The molecule has 1 aliphatic rings. The predicted octanol–water partition coefficient (Wildman–Crippen LogP) is 1.66. The van der Waals surface area contributed by atoms with Crippen LogP contribution in [0.1, 0.15) is 10.4 Å². The average molecular weight is 438 g/mol. The van der Waals surface area contributed by atoms with E-state index in [1.807, 2.05) is 0 Å². The first-order valence-corrected chi connectivity index (χ1v) is 10.8. The largest absolute Gasteiger partial charge is 0.495 e. The lowest BCUT2D eigenvalue weighted by Crippen LogP contribution is -2.40. The zero-order valence-electron chi connectivity index (χ0n) is 16.5. The van der Waals surface area contributed by atoms with E-state index in [2.05, 4.69) is 5.32 Å². The number of halogens is 1. The van der Waals surface area contributed by atoms with Crippen molar-refractivity contribution in [3.05, 3.63) is 53.8 Å². The molecule has 8 nitrogen and oxygen atoms in total. The molecule has 0 unspecified atom stereocenters. The Bertz CT molecular complexity index is 975. The molecule has 3 rings (SSSR count). The number of morpholine rings is 1. The van der Waals surface area contributed by atoms with Crippen molar-refractivity contribution in [2.24, 2.45) is 0 Å². The summed E-state index contributed by atoms with van der Waals surface area (Å²) in [6.45, 7) is 1.47. The van der Waals surface area contributed by atoms with Crippen molar-refractivity contribution in [2.75, 3.05) is 46.6 Å². The van der Waals surface area contributed by atoms with Crippen LogP contribution in [0.15, 0.2) is 47.4 Å². The standard InChI is InChI=1S/C20H23FN2O6S/c1-27-18-7-2-15(14-19(18)30(25,26)23-9-12-28-13-10-23)20(24)22-8-11-29-17-5-3-16(21)4-6-17/h2-7,14H,8-13H2,1H3,(H,22,24). The topological polar surface area (TPSA) is 94.2 Å². The number of ether oxygens (including phenoxy) is 3. The van der Waals surface area contributed by atoms with Gasteiger partial charge >= 0.3 is 0 Å². The van der Waals surface area contributed by atoms with Crippen LogP contribution in [0, 0.1) is 5.82 Å². The number of benzene rings is 2. The Morgan fingerprint density at radius 3 is 2.53 bits per heavy atom. The van der Waals surface area contributed by atoms with Crippen LogP contribution in [-0.2, 0) is 14.8 Å². The van der Waals surface area contributed by atoms with Crippen molar-refractivity contribution < 1.29 is 31.8 Å². The van der Waals surface area contributed by atoms with Gasteiger partial charge in [0.2, 0.25) is 10.0 Å². The normalized spacial score (nSPS) is 14.9. The van der Waals surface area contributed by atoms with E-state index < -0.39 is 15.9 Å². The van der Waals surface area contributed by atoms with Crippen LogP contribution in [0.25, 0.3) is 0 Å². The smallest absolute Gasteiger partial charge is 0.251 e. The minimum Gasteiger partial charge on any atom is -0.495 e. The Labute approximate surface area is 174 Å². The van der Waals surface area contributed by atoms with E-state index in [1.54, 1.807) is 0 Å². The summed E-state index contributed by atoms with van der Waals surface area (Å²) in [4.78, 5) is 12.4. The summed E-state index contributed by atoms with van der Waals surface area (Å²) >= 11 is 0. The number of hydrogen-bond donors (Lipinski definition) is 1. The second-order valence-electron chi connectivity index (χ2n) is 6.44. The molecule has 0 bridgehead atoms. The van der Waals surface area contributed by atoms with E-state index in [0.717, 1.165) is 0 Å². The molecule has 1 heterocycles. The van der Waals surface area contributed by atoms with Crippen LogP contribution in [0.4, 0.5) is 4.39 Å². The van der Waals surface area contributed by atoms with Gasteiger partial charge in [0, 0.05) is 18.7 Å². The van der Waals surface area contributed by atoms with Gasteiger partial charge in [-0.1, -0.05) is 0 Å². The fourth-order valence-electron chi connectivity index (χ4n) is 2.91. The second-order valence-corrected chi connectivity index (χ2v) is 8.35. The number of methoxy groups -OCH3 is 1. The molecule has 0 aliphatic carbocycles. The molecular weight excluding hydrogens is 415 g/mol. The predicted molar refractivity (Wildman–Crippen MR) is 107 cm³/mol. The molecule has 162 valence electrons. The summed E-state index contributed by atoms with van der Waals surface area (Å²) in [7, 11) is -2.46. The van der Waals surface area contributed by atoms with Crippen LogP contribution in [0.5, 0.6) is 11.5 Å². The fourth-order valence-corrected chi connectivity index (χ4v) is 4.50. The number of rotatable bonds is 8. The summed E-state index contributed by atoms with van der Waals surface area (Å²) in [5.74, 6) is -0.163. The summed E-state index contributed by atoms with van der Waals surface area (Å²) < 4.78 is 56.0. The van der Waals surface area contributed by atoms with Gasteiger partial charge in [0.25, 0.3) is 5.91 Å². The molecule has 30 heavy (non-hydrogen) atoms. The molecule has 1 aliphatic heterocycles. The molecule has 1 fully saturated rings. The lowest BCUT2D eigenvalue weighted by molar-refractivity contribution is 0.0729. The van der Waals surface area contributed by atoms with Crippen molar-refractivity contribution in [1.82, 2.24) is 9.62 Å². The molecule has 2 aromatic carbocycles. The minimum absolute atomic E-state index is 0.0675. The van der Waals surface area contributed by atoms with Gasteiger partial charge in [0.1, 0.15) is 28.8 Å². The number of sulfonamides is 1. The van der Waals surface area contributed by atoms with Crippen LogP contribution in [0.3, 0.4) is 0 Å². The van der Waals surface area contributed by atoms with Crippen LogP contribution in [0.2, 0.25) is 0 Å². The summed E-state index contributed by atoms with van der Waals surface area (Å²) in [5, 5.41) is 2.67. The molecule has 1 N–H and O–H groups in total. The van der Waals surface area contributed by atoms with E-state index in [0.29, 0.717) is 19.0 Å². The number of carbonyl (C=O) groups excluding carboxylic acids is 1. The maximum absolute atomic E-state index is 13.0. The van der Waals surface area contributed by atoms with Gasteiger partial charge in [-0.25, -0.2) is 12.8 Å². The first kappa shape index (κ1) is 22.0. The molecule has 1 saturated heterocycles. The zero-order chi connectivity index (χ0) is 21.6. The lowest BCUT2D eigenvalue weighted by atomic mass is 10.2. The molecular formula is C20H23FN2O6S. The van der Waals surface area contributed by atoms with Gasteiger partial charge in [-0.15, -0.1) is 0 Å². The Hall–Kier alpha value is -2.69. The molecule has 0 saturated carbocycles. The molecule has 0 atom stereocenters. The zero-order valence-corrected chi connectivity index (χ0v) is 17.3. The summed E-state index contributed by atoms with van der Waals surface area (Å²) in [5.41, 5.74) is 0.185. The van der Waals surface area contributed by atoms with Crippen molar-refractivity contribution in [1.29, 1.82) is 0 Å². The molecule has 0 spiro atoms. The van der Waals surface area contributed by atoms with Crippen LogP contribution >= 0.6 is 0 Å². The Morgan fingerprint density at radius 2 is 1.87 bits per heavy atom. The maximum Gasteiger partial charge on any atom is 0.251 e. The maximum atomic E-state index is 13.0. The Kier molecular flexibility index (Phi) is 7.24. The fraction of sp³-hybridized carbons (Fsp3) is 0.350. The second kappa shape index (κ2) is 9.88. The highest BCUT2D eigenvalue weighted by atomic mass is 32.2. The molecule has 10 heteroatoms. The third kappa shape index (κ3) is 5.26. The van der Waals surface area contributed by atoms with Crippen molar-refractivity contribution in [3.63, 3.8) is 0 Å². The van der Waals surface area contributed by atoms with Gasteiger partial charge in [-0.2, -0.15) is 4.31 Å². The van der Waals surface area contributed by atoms with Crippen molar-refractivity contribution in [2.45, 2.75) is 4.90 Å². The highest BCUT2D eigenvalue weighted by molar-refractivity contribution is 7.89. The van der Waals surface area contributed by atoms with E-state index in [1.165, 1.54) is 53.9 Å². The number of nitrogens with one attached hydrogen (secondary N) is 1. The van der Waals surface area contributed by atoms with Gasteiger partial charge in [0.05, 0.1) is 26.9 Å². The summed E-state index contributed by atoms with van der Waals surface area (Å²) in [6, 6.07) is 9.79. The molecule has 0 radical (unpaired) electrons. The van der Waals surface area contributed by atoms with E-state index in [-0.39, 0.29) is 48.3 Å². The van der Waals surface area contributed by atoms with Gasteiger partial charge in [-0.05, 0) is 42.5 Å². The highest BCUT2D eigenvalue weighted by Crippen LogP contribution is 2.28. The van der Waals surface area contributed by atoms with E-state index in [9.17, 15) is 17.6 Å². The van der Waals surface area contributed by atoms with Gasteiger partial charge in [-0.3, -0.25) is 4.79 Å². The Morgan fingerprint density at radius 1 is 1.17 bits per heavy atom. The van der Waals surface area contributed by atoms with Gasteiger partial charge in [0.15, 0.2) is 0 Å². The SMILES string of the molecule is COc1ccc(C(=O)NCCOc2ccc(F)cc2)cc1S(=O)(=O)N1CCOCC1. The number of nitrogens with zero attached hydrogens (tertiary/aromatic N) is 1. The highest BCUT2D eigenvalue weighted by Gasteiger charge is 2.30. The first-order valence-electron chi connectivity index (χ1n) is 9.34. The minimum atomic E-state index is -3.83. The quantitative estimate of drug-likeness (QED) is 0.630. The lowest BCUT2D eigenvalue weighted by Gasteiger charge is -2.26. The molecule has 0 aromatic heterocycles. The van der Waals surface area contributed by atoms with E-state index in [4.69, 9.17) is 14.2 Å². The third-order valence-corrected chi connectivity index (χ3v) is 6.40. The number of amides is 1. The number of carbonyl (C=O) groups is 1. The first-order chi connectivity index (χ1) is 14.4. The molecule has 2 aromatic rings. The summed E-state index contributed by atoms with van der Waals surface area (Å²) in [6.07, 6.45) is 0. The van der Waals surface area contributed by atoms with E-state index >= 15 is 0 Å². The third-order valence-electron chi connectivity index (χ3n) is 4.48. The number of hydrogen-bond acceptors (Lipinski definition) is 6.